The number of benzene rings is 2. The van der Waals surface area contributed by atoms with Crippen LogP contribution < -0.4 is 5.73 Å². The van der Waals surface area contributed by atoms with Crippen LogP contribution in [0.2, 0.25) is 0 Å². The van der Waals surface area contributed by atoms with Crippen LogP contribution in [0.1, 0.15) is 11.1 Å². The minimum atomic E-state index is -4.69. The van der Waals surface area contributed by atoms with Crippen LogP contribution in [-0.2, 0) is 6.18 Å². The molecule has 0 atom stereocenters. The van der Waals surface area contributed by atoms with Crippen molar-refractivity contribution >= 4 is 5.69 Å². The average Bonchev–Trinajstić information content (AvgIpc) is 2.31. The van der Waals surface area contributed by atoms with E-state index >= 15 is 0 Å². The summed E-state index contributed by atoms with van der Waals surface area (Å²) >= 11 is 0. The molecule has 0 aliphatic carbocycles. The first-order chi connectivity index (χ1) is 8.80. The third-order valence-electron chi connectivity index (χ3n) is 2.96. The first kappa shape index (κ1) is 13.4. The van der Waals surface area contributed by atoms with Gasteiger partial charge in [0, 0.05) is 5.69 Å². The summed E-state index contributed by atoms with van der Waals surface area (Å²) in [6.07, 6.45) is -4.69. The van der Waals surface area contributed by atoms with Crippen LogP contribution in [0.15, 0.2) is 36.4 Å². The quantitative estimate of drug-likeness (QED) is 0.602. The molecule has 0 heterocycles. The van der Waals surface area contributed by atoms with Gasteiger partial charge in [0.25, 0.3) is 0 Å². The summed E-state index contributed by atoms with van der Waals surface area (Å²) in [5.41, 5.74) is 6.67. The number of rotatable bonds is 1. The van der Waals surface area contributed by atoms with Gasteiger partial charge in [0.05, 0.1) is 5.56 Å². The molecule has 100 valence electrons. The van der Waals surface area contributed by atoms with Gasteiger partial charge in [-0.2, -0.15) is 13.2 Å². The molecule has 2 aromatic carbocycles. The maximum absolute atomic E-state index is 13.5. The fourth-order valence-electron chi connectivity index (χ4n) is 1.88. The van der Waals surface area contributed by atoms with Gasteiger partial charge in [-0.3, -0.25) is 0 Å². The Kier molecular flexibility index (Phi) is 3.22. The van der Waals surface area contributed by atoms with Gasteiger partial charge in [0.1, 0.15) is 5.82 Å². The predicted octanol–water partition coefficient (Wildman–Crippen LogP) is 4.40. The van der Waals surface area contributed by atoms with E-state index in [9.17, 15) is 17.6 Å². The molecule has 0 aromatic heterocycles. The summed E-state index contributed by atoms with van der Waals surface area (Å²) in [6, 6.07) is 7.91. The van der Waals surface area contributed by atoms with Crippen LogP contribution in [0, 0.1) is 12.7 Å². The lowest BCUT2D eigenvalue weighted by Crippen LogP contribution is -2.08. The Morgan fingerprint density at radius 3 is 2.32 bits per heavy atom. The summed E-state index contributed by atoms with van der Waals surface area (Å²) in [7, 11) is 0. The smallest absolute Gasteiger partial charge is 0.398 e. The minimum absolute atomic E-state index is 0.371. The van der Waals surface area contributed by atoms with Crippen molar-refractivity contribution in [1.29, 1.82) is 0 Å². The fourth-order valence-corrected chi connectivity index (χ4v) is 1.88. The van der Waals surface area contributed by atoms with E-state index < -0.39 is 17.6 Å². The maximum Gasteiger partial charge on any atom is 0.419 e. The van der Waals surface area contributed by atoms with Gasteiger partial charge < -0.3 is 5.73 Å². The van der Waals surface area contributed by atoms with Crippen molar-refractivity contribution in [2.75, 3.05) is 5.73 Å². The molecule has 0 saturated carbocycles. The molecule has 0 saturated heterocycles. The SMILES string of the molecule is Cc1c(N)cccc1-c1ccc(C(F)(F)F)c(F)c1. The van der Waals surface area contributed by atoms with Crippen LogP contribution in [0.5, 0.6) is 0 Å². The van der Waals surface area contributed by atoms with Crippen molar-refractivity contribution in [3.8, 4) is 11.1 Å². The molecule has 0 aliphatic heterocycles. The van der Waals surface area contributed by atoms with Gasteiger partial charge in [-0.1, -0.05) is 18.2 Å². The third kappa shape index (κ3) is 2.54. The van der Waals surface area contributed by atoms with E-state index in [1.165, 1.54) is 6.07 Å². The zero-order valence-electron chi connectivity index (χ0n) is 10.1. The van der Waals surface area contributed by atoms with Crippen LogP contribution >= 0.6 is 0 Å². The Hall–Kier alpha value is -2.04. The van der Waals surface area contributed by atoms with Gasteiger partial charge in [-0.05, 0) is 41.8 Å². The van der Waals surface area contributed by atoms with Crippen molar-refractivity contribution in [2.24, 2.45) is 0 Å². The second-order valence-electron chi connectivity index (χ2n) is 4.21. The monoisotopic (exact) mass is 269 g/mol. The number of alkyl halides is 3. The molecule has 2 N–H and O–H groups in total. The topological polar surface area (TPSA) is 26.0 Å². The summed E-state index contributed by atoms with van der Waals surface area (Å²) < 4.78 is 50.9. The Morgan fingerprint density at radius 1 is 1.05 bits per heavy atom. The van der Waals surface area contributed by atoms with Gasteiger partial charge in [0.2, 0.25) is 0 Å². The molecule has 19 heavy (non-hydrogen) atoms. The largest absolute Gasteiger partial charge is 0.419 e. The molecule has 0 unspecified atom stereocenters. The van der Waals surface area contributed by atoms with E-state index in [2.05, 4.69) is 0 Å². The number of nitrogens with two attached hydrogens (primary N) is 1. The standard InChI is InChI=1S/C14H11F4N/c1-8-10(3-2-4-13(8)19)9-5-6-11(12(15)7-9)14(16,17)18/h2-7H,19H2,1H3. The molecule has 0 amide bonds. The highest BCUT2D eigenvalue weighted by molar-refractivity contribution is 5.72. The van der Waals surface area contributed by atoms with E-state index in [1.54, 1.807) is 25.1 Å². The number of anilines is 1. The Balaban J connectivity index is 2.54. The predicted molar refractivity (Wildman–Crippen MR) is 66.0 cm³/mol. The van der Waals surface area contributed by atoms with Gasteiger partial charge in [-0.25, -0.2) is 4.39 Å². The number of halogens is 4. The molecule has 5 heteroatoms. The summed E-state index contributed by atoms with van der Waals surface area (Å²) in [6.45, 7) is 1.74. The summed E-state index contributed by atoms with van der Waals surface area (Å²) in [5, 5.41) is 0. The molecule has 0 aliphatic rings. The van der Waals surface area contributed by atoms with Gasteiger partial charge >= 0.3 is 6.18 Å². The molecule has 2 rings (SSSR count). The highest BCUT2D eigenvalue weighted by atomic mass is 19.4. The first-order valence-corrected chi connectivity index (χ1v) is 5.53. The van der Waals surface area contributed by atoms with Crippen molar-refractivity contribution in [2.45, 2.75) is 13.1 Å². The van der Waals surface area contributed by atoms with E-state index in [0.29, 0.717) is 22.4 Å². The summed E-state index contributed by atoms with van der Waals surface area (Å²) in [5.74, 6) is -1.29. The molecule has 2 aromatic rings. The normalized spacial score (nSPS) is 11.6. The first-order valence-electron chi connectivity index (χ1n) is 5.53. The van der Waals surface area contributed by atoms with Crippen molar-refractivity contribution in [3.63, 3.8) is 0 Å². The molecule has 0 fully saturated rings. The second-order valence-corrected chi connectivity index (χ2v) is 4.21. The average molecular weight is 269 g/mol. The lowest BCUT2D eigenvalue weighted by Gasteiger charge is -2.12. The zero-order valence-corrected chi connectivity index (χ0v) is 10.1. The summed E-state index contributed by atoms with van der Waals surface area (Å²) in [4.78, 5) is 0. The lowest BCUT2D eigenvalue weighted by molar-refractivity contribution is -0.139. The van der Waals surface area contributed by atoms with E-state index in [1.807, 2.05) is 0 Å². The Bertz CT molecular complexity index is 617. The van der Waals surface area contributed by atoms with Crippen molar-refractivity contribution < 1.29 is 17.6 Å². The Labute approximate surface area is 107 Å². The highest BCUT2D eigenvalue weighted by Crippen LogP contribution is 2.34. The van der Waals surface area contributed by atoms with E-state index in [0.717, 1.165) is 12.1 Å². The van der Waals surface area contributed by atoms with E-state index in [4.69, 9.17) is 5.73 Å². The molecule has 0 bridgehead atoms. The van der Waals surface area contributed by atoms with Crippen LogP contribution in [0.4, 0.5) is 23.2 Å². The highest BCUT2D eigenvalue weighted by Gasteiger charge is 2.33. The number of hydrogen-bond donors (Lipinski definition) is 1. The van der Waals surface area contributed by atoms with Crippen LogP contribution in [0.25, 0.3) is 11.1 Å². The minimum Gasteiger partial charge on any atom is -0.398 e. The third-order valence-corrected chi connectivity index (χ3v) is 2.96. The van der Waals surface area contributed by atoms with Gasteiger partial charge in [0.15, 0.2) is 0 Å². The molecule has 0 spiro atoms. The van der Waals surface area contributed by atoms with Crippen LogP contribution in [0.3, 0.4) is 0 Å². The van der Waals surface area contributed by atoms with Crippen molar-refractivity contribution in [1.82, 2.24) is 0 Å². The van der Waals surface area contributed by atoms with E-state index in [-0.39, 0.29) is 0 Å². The molecular weight excluding hydrogens is 258 g/mol. The van der Waals surface area contributed by atoms with Crippen molar-refractivity contribution in [3.05, 3.63) is 53.3 Å². The Morgan fingerprint density at radius 2 is 1.74 bits per heavy atom. The molecular formula is C14H11F4N. The number of nitrogen functional groups attached to an aromatic ring is 1. The maximum atomic E-state index is 13.5. The second kappa shape index (κ2) is 4.57. The lowest BCUT2D eigenvalue weighted by atomic mass is 9.98. The molecule has 1 nitrogen and oxygen atoms in total. The number of hydrogen-bond acceptors (Lipinski definition) is 1. The van der Waals surface area contributed by atoms with Crippen LogP contribution in [-0.4, -0.2) is 0 Å². The molecule has 0 radical (unpaired) electrons. The fraction of sp³-hybridized carbons (Fsp3) is 0.143. The van der Waals surface area contributed by atoms with Gasteiger partial charge in [-0.15, -0.1) is 0 Å². The zero-order chi connectivity index (χ0) is 14.2.